The van der Waals surface area contributed by atoms with Crippen molar-refractivity contribution in [1.82, 2.24) is 10.2 Å². The van der Waals surface area contributed by atoms with Crippen LogP contribution in [0.3, 0.4) is 0 Å². The SMILES string of the molecule is O=C(COc1ccccc1)NCC(=O)OCC(=O)N(Cc1ccc(F)cc1)C1CCCCC1. The number of rotatable bonds is 10. The second-order valence-electron chi connectivity index (χ2n) is 7.98. The van der Waals surface area contributed by atoms with Crippen LogP contribution in [0.5, 0.6) is 5.75 Å². The highest BCUT2D eigenvalue weighted by Gasteiger charge is 2.26. The number of halogens is 1. The molecule has 8 heteroatoms. The molecule has 1 aliphatic carbocycles. The number of hydrogen-bond acceptors (Lipinski definition) is 5. The maximum atomic E-state index is 13.2. The molecule has 1 fully saturated rings. The van der Waals surface area contributed by atoms with E-state index in [1.165, 1.54) is 12.1 Å². The predicted molar refractivity (Wildman–Crippen MR) is 120 cm³/mol. The van der Waals surface area contributed by atoms with E-state index in [1.54, 1.807) is 41.3 Å². The summed E-state index contributed by atoms with van der Waals surface area (Å²) in [5.74, 6) is -1.27. The van der Waals surface area contributed by atoms with Crippen molar-refractivity contribution in [3.8, 4) is 5.75 Å². The number of carbonyl (C=O) groups excluding carboxylic acids is 3. The molecule has 2 amide bonds. The topological polar surface area (TPSA) is 84.9 Å². The number of para-hydroxylation sites is 1. The average molecular weight is 457 g/mol. The van der Waals surface area contributed by atoms with Gasteiger partial charge in [-0.1, -0.05) is 49.6 Å². The zero-order valence-electron chi connectivity index (χ0n) is 18.5. The number of esters is 1. The molecule has 3 rings (SSSR count). The van der Waals surface area contributed by atoms with Crippen molar-refractivity contribution in [2.45, 2.75) is 44.7 Å². The fraction of sp³-hybridized carbons (Fsp3) is 0.400. The van der Waals surface area contributed by atoms with Crippen LogP contribution in [0.25, 0.3) is 0 Å². The smallest absolute Gasteiger partial charge is 0.325 e. The molecule has 1 N–H and O–H groups in total. The van der Waals surface area contributed by atoms with Crippen molar-refractivity contribution in [1.29, 1.82) is 0 Å². The summed E-state index contributed by atoms with van der Waals surface area (Å²) in [7, 11) is 0. The van der Waals surface area contributed by atoms with E-state index in [4.69, 9.17) is 9.47 Å². The minimum atomic E-state index is -0.707. The van der Waals surface area contributed by atoms with Gasteiger partial charge in [0, 0.05) is 12.6 Å². The lowest BCUT2D eigenvalue weighted by molar-refractivity contribution is -0.153. The highest BCUT2D eigenvalue weighted by molar-refractivity contribution is 5.85. The van der Waals surface area contributed by atoms with E-state index in [1.807, 2.05) is 6.07 Å². The van der Waals surface area contributed by atoms with E-state index in [9.17, 15) is 18.8 Å². The van der Waals surface area contributed by atoms with Crippen molar-refractivity contribution < 1.29 is 28.2 Å². The maximum absolute atomic E-state index is 13.2. The largest absolute Gasteiger partial charge is 0.484 e. The summed E-state index contributed by atoms with van der Waals surface area (Å²) >= 11 is 0. The van der Waals surface area contributed by atoms with Gasteiger partial charge in [-0.25, -0.2) is 4.39 Å². The molecule has 0 bridgehead atoms. The first-order valence-electron chi connectivity index (χ1n) is 11.2. The van der Waals surface area contributed by atoms with Crippen molar-refractivity contribution in [3.05, 3.63) is 66.0 Å². The van der Waals surface area contributed by atoms with Crippen LogP contribution in [-0.4, -0.2) is 48.5 Å². The number of nitrogens with zero attached hydrogens (tertiary/aromatic N) is 1. The van der Waals surface area contributed by atoms with Crippen LogP contribution < -0.4 is 10.1 Å². The molecule has 0 heterocycles. The summed E-state index contributed by atoms with van der Waals surface area (Å²) < 4.78 is 23.6. The van der Waals surface area contributed by atoms with Crippen LogP contribution in [0.15, 0.2) is 54.6 Å². The number of amides is 2. The van der Waals surface area contributed by atoms with Gasteiger partial charge in [0.05, 0.1) is 0 Å². The summed E-state index contributed by atoms with van der Waals surface area (Å²) in [5.41, 5.74) is 0.812. The number of carbonyl (C=O) groups is 3. The molecule has 0 unspecified atom stereocenters. The van der Waals surface area contributed by atoms with Gasteiger partial charge >= 0.3 is 5.97 Å². The summed E-state index contributed by atoms with van der Waals surface area (Å²) in [5, 5.41) is 2.42. The predicted octanol–water partition coefficient (Wildman–Crippen LogP) is 3.23. The van der Waals surface area contributed by atoms with E-state index in [0.717, 1.165) is 37.7 Å². The molecule has 33 heavy (non-hydrogen) atoms. The van der Waals surface area contributed by atoms with Gasteiger partial charge < -0.3 is 19.7 Å². The molecule has 2 aromatic carbocycles. The summed E-state index contributed by atoms with van der Waals surface area (Å²) in [6.07, 6.45) is 4.98. The average Bonchev–Trinajstić information content (AvgIpc) is 2.85. The third-order valence-electron chi connectivity index (χ3n) is 5.50. The molecule has 2 aromatic rings. The molecule has 0 saturated heterocycles. The molecule has 0 aliphatic heterocycles. The minimum Gasteiger partial charge on any atom is -0.484 e. The third-order valence-corrected chi connectivity index (χ3v) is 5.50. The molecule has 0 spiro atoms. The Morgan fingerprint density at radius 2 is 1.64 bits per heavy atom. The molecule has 176 valence electrons. The van der Waals surface area contributed by atoms with Gasteiger partial charge in [-0.15, -0.1) is 0 Å². The Hall–Kier alpha value is -3.42. The molecule has 0 radical (unpaired) electrons. The number of ether oxygens (including phenoxy) is 2. The Bertz CT molecular complexity index is 914. The van der Waals surface area contributed by atoms with Gasteiger partial charge in [0.15, 0.2) is 13.2 Å². The van der Waals surface area contributed by atoms with Gasteiger partial charge in [-0.05, 0) is 42.7 Å². The lowest BCUT2D eigenvalue weighted by atomic mass is 9.93. The van der Waals surface area contributed by atoms with E-state index in [0.29, 0.717) is 12.3 Å². The van der Waals surface area contributed by atoms with Crippen molar-refractivity contribution >= 4 is 17.8 Å². The zero-order valence-corrected chi connectivity index (χ0v) is 18.5. The quantitative estimate of drug-likeness (QED) is 0.555. The lowest BCUT2D eigenvalue weighted by Gasteiger charge is -2.34. The lowest BCUT2D eigenvalue weighted by Crippen LogP contribution is -2.43. The fourth-order valence-corrected chi connectivity index (χ4v) is 3.76. The van der Waals surface area contributed by atoms with Gasteiger partial charge in [0.2, 0.25) is 0 Å². The van der Waals surface area contributed by atoms with Gasteiger partial charge in [0.1, 0.15) is 18.1 Å². The van der Waals surface area contributed by atoms with Gasteiger partial charge in [0.25, 0.3) is 11.8 Å². The van der Waals surface area contributed by atoms with Crippen molar-refractivity contribution in [2.24, 2.45) is 0 Å². The minimum absolute atomic E-state index is 0.0600. The summed E-state index contributed by atoms with van der Waals surface area (Å²) in [6.45, 7) is -0.670. The standard InChI is InChI=1S/C25H29FN2O5/c26-20-13-11-19(12-14-20)16-28(21-7-3-1-4-8-21)24(30)18-33-25(31)15-27-23(29)17-32-22-9-5-2-6-10-22/h2,5-6,9-14,21H,1,3-4,7-8,15-18H2,(H,27,29). The molecule has 1 saturated carbocycles. The monoisotopic (exact) mass is 456 g/mol. The second kappa shape index (κ2) is 12.6. The van der Waals surface area contributed by atoms with E-state index in [-0.39, 0.29) is 30.9 Å². The fourth-order valence-electron chi connectivity index (χ4n) is 3.76. The third kappa shape index (κ3) is 8.21. The molecule has 1 aliphatic rings. The Kier molecular flexibility index (Phi) is 9.23. The normalized spacial score (nSPS) is 13.7. The molecular formula is C25H29FN2O5. The first-order valence-corrected chi connectivity index (χ1v) is 11.2. The highest BCUT2D eigenvalue weighted by atomic mass is 19.1. The van der Waals surface area contributed by atoms with E-state index >= 15 is 0 Å². The van der Waals surface area contributed by atoms with Crippen LogP contribution in [0.2, 0.25) is 0 Å². The molecule has 0 atom stereocenters. The molecular weight excluding hydrogens is 427 g/mol. The summed E-state index contributed by atoms with van der Waals surface area (Å²) in [4.78, 5) is 38.5. The summed E-state index contributed by atoms with van der Waals surface area (Å²) in [6, 6.07) is 14.9. The van der Waals surface area contributed by atoms with Crippen molar-refractivity contribution in [3.63, 3.8) is 0 Å². The van der Waals surface area contributed by atoms with E-state index < -0.39 is 18.5 Å². The second-order valence-corrected chi connectivity index (χ2v) is 7.98. The van der Waals surface area contributed by atoms with Crippen molar-refractivity contribution in [2.75, 3.05) is 19.8 Å². The number of nitrogens with one attached hydrogen (secondary N) is 1. The van der Waals surface area contributed by atoms with Gasteiger partial charge in [-0.2, -0.15) is 0 Å². The van der Waals surface area contributed by atoms with Crippen LogP contribution in [0.1, 0.15) is 37.7 Å². The number of benzene rings is 2. The molecule has 7 nitrogen and oxygen atoms in total. The Labute approximate surface area is 192 Å². The van der Waals surface area contributed by atoms with Gasteiger partial charge in [-0.3, -0.25) is 14.4 Å². The van der Waals surface area contributed by atoms with Crippen LogP contribution in [-0.2, 0) is 25.7 Å². The first kappa shape index (κ1) is 24.2. The zero-order chi connectivity index (χ0) is 23.5. The van der Waals surface area contributed by atoms with Crippen LogP contribution >= 0.6 is 0 Å². The maximum Gasteiger partial charge on any atom is 0.325 e. The first-order chi connectivity index (χ1) is 16.0. The molecule has 0 aromatic heterocycles. The Morgan fingerprint density at radius 1 is 0.939 bits per heavy atom. The van der Waals surface area contributed by atoms with Crippen LogP contribution in [0, 0.1) is 5.82 Å². The van der Waals surface area contributed by atoms with E-state index in [2.05, 4.69) is 5.32 Å². The Balaban J connectivity index is 1.45. The highest BCUT2D eigenvalue weighted by Crippen LogP contribution is 2.24. The Morgan fingerprint density at radius 3 is 2.33 bits per heavy atom. The van der Waals surface area contributed by atoms with Crippen LogP contribution in [0.4, 0.5) is 4.39 Å². The number of hydrogen-bond donors (Lipinski definition) is 1.